The Kier molecular flexibility index (Phi) is 8.12. The lowest BCUT2D eigenvalue weighted by Crippen LogP contribution is -2.53. The largest absolute Gasteiger partial charge is 0.415 e. The first-order valence-electron chi connectivity index (χ1n) is 11.4. The standard InChI is InChI=1S/C22H43N3O4SSi2/c1-16(14-28-31(8,9)21(2,3)4)25(29-32(10,11)22(5,6)7)19(27)18-15-30-20(23-18)24-12-17(26)13-24/h15-17,26H,12-14H2,1-11H3. The molecule has 1 saturated heterocycles. The molecule has 0 aromatic carbocycles. The monoisotopic (exact) mass is 501 g/mol. The van der Waals surface area contributed by atoms with Crippen LogP contribution in [0.4, 0.5) is 5.13 Å². The molecule has 2 heterocycles. The highest BCUT2D eigenvalue weighted by Gasteiger charge is 2.43. The van der Waals surface area contributed by atoms with Gasteiger partial charge >= 0.3 is 0 Å². The van der Waals surface area contributed by atoms with Gasteiger partial charge in [-0.3, -0.25) is 4.79 Å². The summed E-state index contributed by atoms with van der Waals surface area (Å²) >= 11 is 1.43. The minimum absolute atomic E-state index is 0.0491. The number of aliphatic hydroxyl groups excluding tert-OH is 1. The zero-order valence-electron chi connectivity index (χ0n) is 21.8. The number of hydroxylamine groups is 2. The number of rotatable bonds is 8. The molecule has 1 aliphatic heterocycles. The van der Waals surface area contributed by atoms with Gasteiger partial charge in [0.25, 0.3) is 5.91 Å². The minimum Gasteiger partial charge on any atom is -0.415 e. The van der Waals surface area contributed by atoms with Crippen LogP contribution < -0.4 is 4.90 Å². The van der Waals surface area contributed by atoms with Gasteiger partial charge in [0.2, 0.25) is 8.32 Å². The smallest absolute Gasteiger partial charge is 0.296 e. The summed E-state index contributed by atoms with van der Waals surface area (Å²) in [6.07, 6.45) is -0.316. The van der Waals surface area contributed by atoms with E-state index >= 15 is 0 Å². The molecule has 1 unspecified atom stereocenters. The molecule has 0 bridgehead atoms. The predicted octanol–water partition coefficient (Wildman–Crippen LogP) is 5.11. The number of hydrogen-bond acceptors (Lipinski definition) is 7. The van der Waals surface area contributed by atoms with Crippen LogP contribution in [0.25, 0.3) is 0 Å². The second-order valence-electron chi connectivity index (χ2n) is 12.0. The normalized spacial score (nSPS) is 17.3. The van der Waals surface area contributed by atoms with Crippen molar-refractivity contribution >= 4 is 39.0 Å². The molecular formula is C22H43N3O4SSi2. The summed E-state index contributed by atoms with van der Waals surface area (Å²) in [5.41, 5.74) is 0.379. The van der Waals surface area contributed by atoms with Gasteiger partial charge in [-0.15, -0.1) is 11.3 Å². The summed E-state index contributed by atoms with van der Waals surface area (Å²) in [6.45, 7) is 25.4. The van der Waals surface area contributed by atoms with Gasteiger partial charge in [-0.05, 0) is 43.2 Å². The molecule has 7 nitrogen and oxygen atoms in total. The third kappa shape index (κ3) is 6.21. The van der Waals surface area contributed by atoms with Crippen molar-refractivity contribution in [2.75, 3.05) is 24.6 Å². The van der Waals surface area contributed by atoms with E-state index < -0.39 is 16.6 Å². The molecule has 10 heteroatoms. The van der Waals surface area contributed by atoms with Crippen LogP contribution in [0.5, 0.6) is 0 Å². The first kappa shape index (κ1) is 27.5. The average molecular weight is 502 g/mol. The third-order valence-electron chi connectivity index (χ3n) is 7.07. The molecule has 0 aliphatic carbocycles. The lowest BCUT2D eigenvalue weighted by molar-refractivity contribution is -0.0799. The highest BCUT2D eigenvalue weighted by Crippen LogP contribution is 2.39. The highest BCUT2D eigenvalue weighted by atomic mass is 32.1. The number of aliphatic hydroxyl groups is 1. The summed E-state index contributed by atoms with van der Waals surface area (Å²) in [6, 6.07) is -0.248. The van der Waals surface area contributed by atoms with E-state index in [4.69, 9.17) is 8.95 Å². The lowest BCUT2D eigenvalue weighted by Gasteiger charge is -2.42. The Bertz CT molecular complexity index is 796. The summed E-state index contributed by atoms with van der Waals surface area (Å²) in [4.78, 5) is 20.1. The van der Waals surface area contributed by atoms with Crippen molar-refractivity contribution in [1.29, 1.82) is 0 Å². The van der Waals surface area contributed by atoms with E-state index in [9.17, 15) is 9.90 Å². The fourth-order valence-electron chi connectivity index (χ4n) is 2.56. The highest BCUT2D eigenvalue weighted by molar-refractivity contribution is 7.14. The van der Waals surface area contributed by atoms with Crippen molar-refractivity contribution < 1.29 is 18.9 Å². The van der Waals surface area contributed by atoms with Crippen molar-refractivity contribution in [3.8, 4) is 0 Å². The fraction of sp³-hybridized carbons (Fsp3) is 0.818. The molecular weight excluding hydrogens is 458 g/mol. The number of anilines is 1. The maximum absolute atomic E-state index is 13.6. The number of hydrogen-bond donors (Lipinski definition) is 1. The Labute approximate surface area is 200 Å². The average Bonchev–Trinajstić information content (AvgIpc) is 3.08. The van der Waals surface area contributed by atoms with Crippen LogP contribution in [-0.4, -0.2) is 69.5 Å². The van der Waals surface area contributed by atoms with Crippen LogP contribution in [0.2, 0.25) is 36.3 Å². The van der Waals surface area contributed by atoms with Gasteiger partial charge in [-0.2, -0.15) is 0 Å². The Morgan fingerprint density at radius 1 is 1.19 bits per heavy atom. The van der Waals surface area contributed by atoms with Crippen molar-refractivity contribution in [1.82, 2.24) is 10.0 Å². The minimum atomic E-state index is -2.26. The van der Waals surface area contributed by atoms with Gasteiger partial charge in [0.15, 0.2) is 13.4 Å². The third-order valence-corrected chi connectivity index (χ3v) is 16.7. The first-order valence-corrected chi connectivity index (χ1v) is 18.1. The van der Waals surface area contributed by atoms with Gasteiger partial charge in [-0.25, -0.2) is 10.0 Å². The molecule has 1 amide bonds. The van der Waals surface area contributed by atoms with Gasteiger partial charge in [0.05, 0.1) is 18.8 Å². The molecule has 1 aliphatic rings. The topological polar surface area (TPSA) is 75.1 Å². The van der Waals surface area contributed by atoms with Crippen molar-refractivity contribution in [3.05, 3.63) is 11.1 Å². The number of thiazole rings is 1. The molecule has 1 aromatic rings. The molecule has 1 fully saturated rings. The quantitative estimate of drug-likeness (QED) is 0.394. The van der Waals surface area contributed by atoms with E-state index in [1.165, 1.54) is 16.4 Å². The summed E-state index contributed by atoms with van der Waals surface area (Å²) in [7, 11) is -4.23. The summed E-state index contributed by atoms with van der Waals surface area (Å²) < 4.78 is 13.0. The molecule has 0 saturated carbocycles. The second kappa shape index (κ2) is 9.46. The van der Waals surface area contributed by atoms with E-state index in [0.29, 0.717) is 25.4 Å². The Hall–Kier alpha value is -0.786. The molecule has 184 valence electrons. The van der Waals surface area contributed by atoms with Crippen LogP contribution in [-0.2, 0) is 8.95 Å². The Balaban J connectivity index is 2.24. The molecule has 1 atom stereocenters. The zero-order valence-corrected chi connectivity index (χ0v) is 24.6. The molecule has 2 rings (SSSR count). The number of carbonyl (C=O) groups excluding carboxylic acids is 1. The van der Waals surface area contributed by atoms with E-state index in [2.05, 4.69) is 72.7 Å². The molecule has 0 spiro atoms. The number of β-amino-alcohol motifs (C(OH)–C–C–N with tert-alkyl or cyclic N) is 1. The number of carbonyl (C=O) groups is 1. The van der Waals surface area contributed by atoms with Crippen LogP contribution in [0.3, 0.4) is 0 Å². The van der Waals surface area contributed by atoms with Crippen LogP contribution in [0.15, 0.2) is 5.38 Å². The summed E-state index contributed by atoms with van der Waals surface area (Å²) in [5, 5.41) is 13.7. The molecule has 32 heavy (non-hydrogen) atoms. The van der Waals surface area contributed by atoms with Crippen molar-refractivity contribution in [2.24, 2.45) is 0 Å². The second-order valence-corrected chi connectivity index (χ2v) is 22.3. The SMILES string of the molecule is CC(CO[Si](C)(C)C(C)(C)C)N(O[Si](C)(C)C(C)(C)C)C(=O)c1csc(N2CC(O)C2)n1. The Morgan fingerprint density at radius 3 is 2.19 bits per heavy atom. The van der Waals surface area contributed by atoms with Gasteiger partial charge < -0.3 is 19.0 Å². The number of amides is 1. The number of nitrogens with zero attached hydrogens (tertiary/aromatic N) is 3. The summed E-state index contributed by atoms with van der Waals surface area (Å²) in [5.74, 6) is -0.232. The van der Waals surface area contributed by atoms with Crippen molar-refractivity contribution in [3.63, 3.8) is 0 Å². The van der Waals surface area contributed by atoms with E-state index in [0.717, 1.165) is 5.13 Å². The van der Waals surface area contributed by atoms with Crippen molar-refractivity contribution in [2.45, 2.75) is 96.9 Å². The molecule has 1 aromatic heterocycles. The zero-order chi connectivity index (χ0) is 24.7. The van der Waals surface area contributed by atoms with Gasteiger partial charge in [-0.1, -0.05) is 41.5 Å². The van der Waals surface area contributed by atoms with Gasteiger partial charge in [0, 0.05) is 18.5 Å². The van der Waals surface area contributed by atoms with Crippen LogP contribution in [0, 0.1) is 0 Å². The van der Waals surface area contributed by atoms with E-state index in [1.54, 1.807) is 5.38 Å². The number of aromatic nitrogens is 1. The molecule has 1 N–H and O–H groups in total. The lowest BCUT2D eigenvalue weighted by atomic mass is 10.2. The maximum atomic E-state index is 13.6. The van der Waals surface area contributed by atoms with E-state index in [1.807, 2.05) is 11.8 Å². The van der Waals surface area contributed by atoms with E-state index in [-0.39, 0.29) is 28.1 Å². The molecule has 0 radical (unpaired) electrons. The first-order chi connectivity index (χ1) is 14.4. The predicted molar refractivity (Wildman–Crippen MR) is 137 cm³/mol. The Morgan fingerprint density at radius 2 is 1.72 bits per heavy atom. The maximum Gasteiger partial charge on any atom is 0.296 e. The van der Waals surface area contributed by atoms with Crippen LogP contribution >= 0.6 is 11.3 Å². The van der Waals surface area contributed by atoms with Gasteiger partial charge in [0.1, 0.15) is 5.69 Å². The van der Waals surface area contributed by atoms with Crippen LogP contribution in [0.1, 0.15) is 59.0 Å². The fourth-order valence-corrected chi connectivity index (χ4v) is 5.50.